The van der Waals surface area contributed by atoms with Crippen molar-refractivity contribution < 1.29 is 9.53 Å². The zero-order valence-electron chi connectivity index (χ0n) is 17.5. The summed E-state index contributed by atoms with van der Waals surface area (Å²) in [4.78, 5) is 25.8. The van der Waals surface area contributed by atoms with Gasteiger partial charge in [0.1, 0.15) is 0 Å². The van der Waals surface area contributed by atoms with E-state index in [9.17, 15) is 9.59 Å². The number of thioether (sulfide) groups is 1. The van der Waals surface area contributed by atoms with Crippen LogP contribution in [0, 0.1) is 13.8 Å². The summed E-state index contributed by atoms with van der Waals surface area (Å²) in [5, 5.41) is 7.13. The largest absolute Gasteiger partial charge is 0.464 e. The van der Waals surface area contributed by atoms with Crippen molar-refractivity contribution in [2.24, 2.45) is 0 Å². The van der Waals surface area contributed by atoms with Crippen molar-refractivity contribution in [3.63, 3.8) is 0 Å². The van der Waals surface area contributed by atoms with Crippen LogP contribution in [0.2, 0.25) is 0 Å². The Labute approximate surface area is 180 Å². The van der Waals surface area contributed by atoms with Gasteiger partial charge in [-0.1, -0.05) is 18.2 Å². The van der Waals surface area contributed by atoms with E-state index in [0.29, 0.717) is 12.2 Å². The van der Waals surface area contributed by atoms with Crippen LogP contribution in [0.5, 0.6) is 5.88 Å². The van der Waals surface area contributed by atoms with Crippen LogP contribution < -0.4 is 15.6 Å². The molecule has 0 saturated heterocycles. The van der Waals surface area contributed by atoms with E-state index in [-0.39, 0.29) is 17.3 Å². The number of benzene rings is 2. The molecule has 3 rings (SSSR count). The lowest BCUT2D eigenvalue weighted by molar-refractivity contribution is -0.127. The molecule has 1 N–H and O–H groups in total. The third-order valence-electron chi connectivity index (χ3n) is 4.80. The number of aryl methyl sites for hydroxylation is 2. The Morgan fingerprint density at radius 2 is 1.83 bits per heavy atom. The van der Waals surface area contributed by atoms with Crippen LogP contribution in [0.15, 0.2) is 64.3 Å². The number of carbonyl (C=O) groups excluding carboxylic acids is 1. The Morgan fingerprint density at radius 1 is 1.10 bits per heavy atom. The molecule has 0 aliphatic heterocycles. The third-order valence-corrected chi connectivity index (χ3v) is 5.55. The fraction of sp³-hybridized carbons (Fsp3) is 0.261. The van der Waals surface area contributed by atoms with Crippen LogP contribution in [0.4, 0.5) is 0 Å². The molecule has 1 heterocycles. The average molecular weight is 424 g/mol. The number of aromatic nitrogens is 2. The smallest absolute Gasteiger partial charge is 0.271 e. The first-order valence-electron chi connectivity index (χ1n) is 9.62. The number of carbonyl (C=O) groups is 1. The van der Waals surface area contributed by atoms with Gasteiger partial charge in [-0.3, -0.25) is 9.59 Å². The first-order valence-corrected chi connectivity index (χ1v) is 10.8. The van der Waals surface area contributed by atoms with Gasteiger partial charge < -0.3 is 10.1 Å². The molecule has 0 spiro atoms. The molecule has 30 heavy (non-hydrogen) atoms. The van der Waals surface area contributed by atoms with Gasteiger partial charge in [-0.2, -0.15) is 4.68 Å². The van der Waals surface area contributed by atoms with E-state index in [1.54, 1.807) is 18.7 Å². The zero-order chi connectivity index (χ0) is 21.7. The maximum atomic E-state index is 12.4. The van der Waals surface area contributed by atoms with E-state index in [1.165, 1.54) is 21.7 Å². The van der Waals surface area contributed by atoms with Gasteiger partial charge in [0.05, 0.1) is 5.69 Å². The predicted molar refractivity (Wildman–Crippen MR) is 119 cm³/mol. The second-order valence-electron chi connectivity index (χ2n) is 7.02. The van der Waals surface area contributed by atoms with Gasteiger partial charge in [-0.25, -0.2) is 0 Å². The van der Waals surface area contributed by atoms with Crippen molar-refractivity contribution in [3.8, 4) is 11.6 Å². The maximum Gasteiger partial charge on any atom is 0.271 e. The van der Waals surface area contributed by atoms with Gasteiger partial charge in [0, 0.05) is 23.6 Å². The Morgan fingerprint density at radius 3 is 2.50 bits per heavy atom. The number of nitrogens with one attached hydrogen (secondary N) is 1. The second kappa shape index (κ2) is 9.63. The van der Waals surface area contributed by atoms with Crippen molar-refractivity contribution in [1.82, 2.24) is 15.1 Å². The number of ether oxygens (including phenoxy) is 1. The number of hydrogen-bond acceptors (Lipinski definition) is 5. The minimum Gasteiger partial charge on any atom is -0.464 e. The van der Waals surface area contributed by atoms with Gasteiger partial charge in [0.25, 0.3) is 11.5 Å². The van der Waals surface area contributed by atoms with Crippen LogP contribution in [0.3, 0.4) is 0 Å². The van der Waals surface area contributed by atoms with Crippen LogP contribution >= 0.6 is 11.8 Å². The van der Waals surface area contributed by atoms with E-state index < -0.39 is 6.10 Å². The molecule has 3 aromatic rings. The lowest BCUT2D eigenvalue weighted by Gasteiger charge is -2.15. The average Bonchev–Trinajstić information content (AvgIpc) is 2.75. The zero-order valence-corrected chi connectivity index (χ0v) is 18.3. The molecule has 0 radical (unpaired) electrons. The lowest BCUT2D eigenvalue weighted by Crippen LogP contribution is -2.36. The summed E-state index contributed by atoms with van der Waals surface area (Å²) in [6.07, 6.45) is 1.26. The summed E-state index contributed by atoms with van der Waals surface area (Å²) in [5.41, 5.74) is 3.59. The van der Waals surface area contributed by atoms with Gasteiger partial charge >= 0.3 is 0 Å². The Kier molecular flexibility index (Phi) is 6.95. The lowest BCUT2D eigenvalue weighted by atomic mass is 10.1. The van der Waals surface area contributed by atoms with Gasteiger partial charge in [0.15, 0.2) is 6.10 Å². The highest BCUT2D eigenvalue weighted by molar-refractivity contribution is 7.98. The number of rotatable bonds is 7. The number of hydrogen-bond donors (Lipinski definition) is 1. The van der Waals surface area contributed by atoms with Gasteiger partial charge in [-0.15, -0.1) is 16.9 Å². The number of nitrogens with zero attached hydrogens (tertiary/aromatic N) is 2. The minimum absolute atomic E-state index is 0.208. The molecule has 1 unspecified atom stereocenters. The van der Waals surface area contributed by atoms with Crippen molar-refractivity contribution in [3.05, 3.63) is 81.6 Å². The predicted octanol–water partition coefficient (Wildman–Crippen LogP) is 3.65. The summed E-state index contributed by atoms with van der Waals surface area (Å²) in [5.74, 6) is -0.0468. The fourth-order valence-electron chi connectivity index (χ4n) is 2.81. The minimum atomic E-state index is -0.756. The summed E-state index contributed by atoms with van der Waals surface area (Å²) in [6, 6.07) is 16.5. The van der Waals surface area contributed by atoms with E-state index in [2.05, 4.69) is 10.4 Å². The van der Waals surface area contributed by atoms with E-state index in [4.69, 9.17) is 4.74 Å². The molecule has 0 aliphatic rings. The summed E-state index contributed by atoms with van der Waals surface area (Å²) in [6.45, 7) is 6.05. The van der Waals surface area contributed by atoms with E-state index in [0.717, 1.165) is 16.7 Å². The monoisotopic (exact) mass is 423 g/mol. The Hall–Kier alpha value is -3.06. The fourth-order valence-corrected chi connectivity index (χ4v) is 3.22. The van der Waals surface area contributed by atoms with Crippen LogP contribution in [-0.2, 0) is 11.3 Å². The topological polar surface area (TPSA) is 73.2 Å². The van der Waals surface area contributed by atoms with Crippen molar-refractivity contribution in [1.29, 1.82) is 0 Å². The molecule has 156 valence electrons. The summed E-state index contributed by atoms with van der Waals surface area (Å²) in [7, 11) is 0. The third kappa shape index (κ3) is 5.30. The molecule has 7 heteroatoms. The van der Waals surface area contributed by atoms with E-state index in [1.807, 2.05) is 62.6 Å². The van der Waals surface area contributed by atoms with Crippen LogP contribution in [-0.4, -0.2) is 28.0 Å². The normalized spacial score (nSPS) is 11.7. The van der Waals surface area contributed by atoms with E-state index >= 15 is 0 Å². The standard InChI is InChI=1S/C23H25N3O3S/c1-15-5-8-19(13-16(15)2)26-22(27)12-11-21(25-26)29-17(3)23(28)24-14-18-6-9-20(30-4)10-7-18/h5-13,17H,14H2,1-4H3,(H,24,28). The summed E-state index contributed by atoms with van der Waals surface area (Å²) >= 11 is 1.67. The quantitative estimate of drug-likeness (QED) is 0.587. The molecule has 0 aliphatic carbocycles. The van der Waals surface area contributed by atoms with Crippen LogP contribution in [0.1, 0.15) is 23.6 Å². The molecule has 1 aromatic heterocycles. The maximum absolute atomic E-state index is 12.4. The molecule has 2 aromatic carbocycles. The van der Waals surface area contributed by atoms with Gasteiger partial charge in [-0.05, 0) is 68.0 Å². The van der Waals surface area contributed by atoms with Gasteiger partial charge in [0.2, 0.25) is 5.88 Å². The molecule has 6 nitrogen and oxygen atoms in total. The Bertz CT molecular complexity index is 1090. The molecule has 0 bridgehead atoms. The SMILES string of the molecule is CSc1ccc(CNC(=O)C(C)Oc2ccc(=O)n(-c3ccc(C)c(C)c3)n2)cc1. The highest BCUT2D eigenvalue weighted by Gasteiger charge is 2.16. The van der Waals surface area contributed by atoms with Crippen molar-refractivity contribution in [2.75, 3.05) is 6.26 Å². The molecule has 1 amide bonds. The highest BCUT2D eigenvalue weighted by Crippen LogP contribution is 2.15. The first-order chi connectivity index (χ1) is 14.4. The first kappa shape index (κ1) is 21.6. The molecule has 0 fully saturated rings. The second-order valence-corrected chi connectivity index (χ2v) is 7.90. The molecular formula is C23H25N3O3S. The van der Waals surface area contributed by atoms with Crippen molar-refractivity contribution >= 4 is 17.7 Å². The molecular weight excluding hydrogens is 398 g/mol. The highest BCUT2D eigenvalue weighted by atomic mass is 32.2. The Balaban J connectivity index is 1.66. The number of amides is 1. The van der Waals surface area contributed by atoms with Crippen LogP contribution in [0.25, 0.3) is 5.69 Å². The summed E-state index contributed by atoms with van der Waals surface area (Å²) < 4.78 is 6.96. The molecule has 0 saturated carbocycles. The molecule has 1 atom stereocenters. The van der Waals surface area contributed by atoms with Crippen molar-refractivity contribution in [2.45, 2.75) is 38.3 Å².